The fraction of sp³-hybridized carbons (Fsp3) is 0.160. The van der Waals surface area contributed by atoms with Gasteiger partial charge in [0, 0.05) is 65.2 Å². The van der Waals surface area contributed by atoms with Gasteiger partial charge >= 0.3 is 127 Å². The van der Waals surface area contributed by atoms with Gasteiger partial charge in [0.2, 0.25) is 0 Å². The smallest absolute Gasteiger partial charge is 1.00 e. The molecular weight excluding hydrogens is 2030 g/mol. The maximum Gasteiger partial charge on any atom is 1.00 e. The van der Waals surface area contributed by atoms with Crippen LogP contribution in [0.3, 0.4) is 0 Å². The number of esters is 2. The van der Waals surface area contributed by atoms with Crippen molar-refractivity contribution in [3.63, 3.8) is 0 Å². The molecule has 0 aliphatic rings. The number of amides is 2. The van der Waals surface area contributed by atoms with Crippen LogP contribution >= 0.6 is 15.9 Å². The van der Waals surface area contributed by atoms with Crippen molar-refractivity contribution in [1.82, 2.24) is 69.5 Å². The van der Waals surface area contributed by atoms with Gasteiger partial charge in [0.1, 0.15) is 39.1 Å². The maximum atomic E-state index is 13.6. The van der Waals surface area contributed by atoms with Crippen molar-refractivity contribution in [1.29, 1.82) is 0 Å². The first kappa shape index (κ1) is 114. The number of alkyl halides is 1. The second-order valence-corrected chi connectivity index (χ2v) is 28.4. The summed E-state index contributed by atoms with van der Waals surface area (Å²) in [6.07, 6.45) is 9.42. The molecule has 0 saturated carbocycles. The van der Waals surface area contributed by atoms with Crippen molar-refractivity contribution in [2.24, 2.45) is 0 Å². The predicted molar refractivity (Wildman–Crippen MR) is 447 cm³/mol. The molecule has 10 aromatic heterocycles. The summed E-state index contributed by atoms with van der Waals surface area (Å²) in [6.45, 7) is 4.81. The molecule has 14 rings (SSSR count). The molecule has 0 atom stereocenters. The Kier molecular flexibility index (Phi) is 42.6. The van der Waals surface area contributed by atoms with E-state index in [2.05, 4.69) is 86.1 Å². The Morgan fingerprint density at radius 1 is 0.521 bits per heavy atom. The van der Waals surface area contributed by atoms with Gasteiger partial charge in [0.15, 0.2) is 81.5 Å². The number of alkyl carbamates (subject to hydrolysis) is 1. The van der Waals surface area contributed by atoms with Crippen LogP contribution in [0.4, 0.5) is 80.2 Å². The van der Waals surface area contributed by atoms with E-state index >= 15 is 0 Å². The minimum atomic E-state index is -1.70. The molecule has 10 heterocycles. The van der Waals surface area contributed by atoms with Crippen LogP contribution in [0.5, 0.6) is 0 Å². The molecule has 44 nitrogen and oxygen atoms in total. The SMILES string of the molecule is CC(C)(C)OC(=O)NCc1noc(-c2c[nH]c3ncccc23)n1.CCOC(=O)c1cc([N+](=O)[O-])cn(Cc2cc(F)c(F)c(F)c2)c1=O.COC(=O)c1cc([N+](=O)[O-])c[nH]c1=O.Fc1cc(CBr)cc(F)c1F.O=C(NCc1noc(-c2c[nH]c3ncccc23)n1)c1cc([N+](=O)[O-])cn(Cc2cc(F)c(F)c(F)c2)c1=O.O=C(O)c1cc([N+](=O)[O-])cn(Cc2cc(F)c(F)c(F)c2)c1=O.O=CO[O-].[H-].[K+].[K+]. The average Bonchev–Trinajstić information content (AvgIpc) is 1.64. The van der Waals surface area contributed by atoms with E-state index in [-0.39, 0.29) is 170 Å². The van der Waals surface area contributed by atoms with Crippen LogP contribution in [0.1, 0.15) is 104 Å². The molecule has 0 radical (unpaired) electrons. The van der Waals surface area contributed by atoms with Gasteiger partial charge in [-0.2, -0.15) is 9.97 Å². The molecule has 0 bridgehead atoms. The Morgan fingerprint density at radius 3 is 1.22 bits per heavy atom. The fourth-order valence-corrected chi connectivity index (χ4v) is 11.6. The van der Waals surface area contributed by atoms with Gasteiger partial charge in [-0.3, -0.25) is 69.2 Å². The van der Waals surface area contributed by atoms with E-state index in [4.69, 9.17) is 28.9 Å². The number of aromatic nitrogens is 12. The summed E-state index contributed by atoms with van der Waals surface area (Å²) in [4.78, 5) is 182. The summed E-state index contributed by atoms with van der Waals surface area (Å²) >= 11 is 2.99. The monoisotopic (exact) mass is 2090 g/mol. The molecule has 0 fully saturated rings. The average molecular weight is 2090 g/mol. The number of rotatable bonds is 23. The molecule has 0 aliphatic carbocycles. The number of hydrogen-bond donors (Lipinski definition) is 6. The molecule has 0 unspecified atom stereocenters. The zero-order valence-electron chi connectivity index (χ0n) is 73.3. The molecule has 2 amide bonds. The normalized spacial score (nSPS) is 10.4. The molecule has 0 spiro atoms. The maximum absolute atomic E-state index is 13.6. The van der Waals surface area contributed by atoms with Crippen molar-refractivity contribution in [2.45, 2.75) is 71.3 Å². The van der Waals surface area contributed by atoms with Gasteiger partial charge < -0.3 is 79.2 Å². The number of ether oxygens (including phenoxy) is 3. The minimum Gasteiger partial charge on any atom is -1.00 e. The van der Waals surface area contributed by atoms with E-state index < -0.39 is 201 Å². The Morgan fingerprint density at radius 2 is 0.871 bits per heavy atom. The summed E-state index contributed by atoms with van der Waals surface area (Å²) in [6, 6.07) is 15.9. The number of aromatic amines is 3. The number of methoxy groups -OCH3 is 1. The van der Waals surface area contributed by atoms with E-state index in [0.717, 1.165) is 93.3 Å². The van der Waals surface area contributed by atoms with Crippen LogP contribution in [-0.4, -0.2) is 139 Å². The van der Waals surface area contributed by atoms with Gasteiger partial charge in [-0.15, -0.1) is 0 Å². The molecular formula is C81H61BrF12K2N18O26. The molecule has 4 aromatic carbocycles. The van der Waals surface area contributed by atoms with Crippen molar-refractivity contribution < 1.29 is 244 Å². The molecule has 0 saturated heterocycles. The molecule has 0 aliphatic heterocycles. The number of pyridine rings is 6. The van der Waals surface area contributed by atoms with Crippen LogP contribution < -0.4 is 141 Å². The molecule has 14 aromatic rings. The number of carboxylic acids is 1. The number of carbonyl (C=O) groups excluding carboxylic acids is 5. The predicted octanol–water partition coefficient (Wildman–Crippen LogP) is 5.66. The topological polar surface area (TPSA) is 613 Å². The summed E-state index contributed by atoms with van der Waals surface area (Å²) in [5.74, 6) is -21.5. The van der Waals surface area contributed by atoms with E-state index in [1.165, 1.54) is 6.92 Å². The van der Waals surface area contributed by atoms with Crippen LogP contribution in [0.25, 0.3) is 45.0 Å². The summed E-state index contributed by atoms with van der Waals surface area (Å²) < 4.78 is 183. The Balaban J connectivity index is 0.000000305. The first-order valence-electron chi connectivity index (χ1n) is 37.8. The molecule has 6 N–H and O–H groups in total. The quantitative estimate of drug-likeness (QED) is 0.00430. The number of halogens is 13. The Bertz CT molecular complexity index is 7180. The third kappa shape index (κ3) is 31.2. The number of nitrogens with zero attached hydrogens (tertiary/aromatic N) is 13. The van der Waals surface area contributed by atoms with Gasteiger partial charge in [0.25, 0.3) is 69.1 Å². The summed E-state index contributed by atoms with van der Waals surface area (Å²) in [7, 11) is 1.08. The third-order valence-electron chi connectivity index (χ3n) is 17.2. The number of hydrogen-bond acceptors (Lipinski definition) is 31. The number of benzene rings is 4. The minimum absolute atomic E-state index is 0. The van der Waals surface area contributed by atoms with Crippen LogP contribution in [0.2, 0.25) is 0 Å². The van der Waals surface area contributed by atoms with E-state index in [0.29, 0.717) is 80.9 Å². The van der Waals surface area contributed by atoms with Crippen molar-refractivity contribution in [3.05, 3.63) is 354 Å². The summed E-state index contributed by atoms with van der Waals surface area (Å²) in [5.41, 5.74) is -6.56. The Labute approximate surface area is 865 Å². The van der Waals surface area contributed by atoms with Gasteiger partial charge in [0.05, 0.1) is 102 Å². The van der Waals surface area contributed by atoms with Crippen molar-refractivity contribution >= 4 is 97.1 Å². The first-order valence-corrected chi connectivity index (χ1v) is 38.9. The number of carbonyl (C=O) groups is 6. The van der Waals surface area contributed by atoms with Gasteiger partial charge in [-0.05, 0) is 123 Å². The number of carboxylic acid groups (broad SMARTS) is 1. The Hall–Kier alpha value is -14.6. The van der Waals surface area contributed by atoms with Crippen LogP contribution in [-0.2, 0) is 61.9 Å². The van der Waals surface area contributed by atoms with Crippen LogP contribution in [0, 0.1) is 110 Å². The number of nitro groups is 4. The van der Waals surface area contributed by atoms with Crippen LogP contribution in [0.15, 0.2) is 175 Å². The number of H-pyrrole nitrogens is 3. The van der Waals surface area contributed by atoms with Gasteiger partial charge in [-0.25, -0.2) is 81.8 Å². The largest absolute Gasteiger partial charge is 1.00 e. The third-order valence-corrected chi connectivity index (χ3v) is 17.9. The van der Waals surface area contributed by atoms with Crippen molar-refractivity contribution in [3.8, 4) is 22.9 Å². The fourth-order valence-electron chi connectivity index (χ4n) is 11.3. The molecule has 59 heteroatoms. The number of nitrogens with one attached hydrogen (secondary N) is 5. The van der Waals surface area contributed by atoms with Crippen molar-refractivity contribution in [2.75, 3.05) is 13.7 Å². The first-order chi connectivity index (χ1) is 65.2. The zero-order chi connectivity index (χ0) is 102. The standard InChI is InChI=1S/C23H14F3N7O5.C15H11F3N2O5.C15H17N5O3.C13H7F3N2O5.C7H4BrF3.C7H6N2O5.CH2O3.2K.H/c24-16-4-11(5-17(25)19(16)26)9-32-10-12(33(36)37)6-14(23(32)35)21(34)29-8-18-30-22(38-31-18)15-7-28-20-13(15)2-1-3-27-20;1-2-25-15(22)10-5-9(20(23)24)7-19(14(10)21)6-8-3-11(16)13(18)12(17)4-8;1-15(2,3)22-14(21)18-8-11-19-13(23-20-11)10-7-17-12-9(10)5-4-6-16-12;14-9-1-6(2-10(15)11(9)16)4-17-5-7(18(22)23)3-8(12(17)19)13(20)21;8-3-4-1-5(9)7(11)6(10)2-4;1-14-7(11)5-2-4(9(12)13)3-8-6(5)10;2-1-4-3;;;/h1-7,10H,8-9H2,(H,27,28)(H,29,34);3-5,7H,2,6H2,1H3;4-7H,8H2,1-3H3,(H,16,17)(H,18,21);1-3,5H,4H2,(H,20,21);1-2H,3H2;2-3H,1H3,(H,8,10);1,3H;;;/q;;;;;;;2*+1;-1/p-1. The van der Waals surface area contributed by atoms with E-state index in [1.54, 1.807) is 57.7 Å². The second kappa shape index (κ2) is 52.3. The zero-order valence-corrected chi connectivity index (χ0v) is 80.1. The number of fused-ring (bicyclic) bond motifs is 2. The number of aromatic carboxylic acids is 1. The van der Waals surface area contributed by atoms with E-state index in [9.17, 15) is 136 Å². The molecule has 724 valence electrons. The van der Waals surface area contributed by atoms with E-state index in [1.807, 2.05) is 12.1 Å². The second-order valence-electron chi connectivity index (χ2n) is 27.9. The summed E-state index contributed by atoms with van der Waals surface area (Å²) in [5, 5.41) is 75.3. The molecule has 140 heavy (non-hydrogen) atoms. The van der Waals surface area contributed by atoms with Gasteiger partial charge in [-0.1, -0.05) is 26.2 Å².